The Labute approximate surface area is 149 Å². The maximum absolute atomic E-state index is 11.9. The molecule has 8 nitrogen and oxygen atoms in total. The Morgan fingerprint density at radius 1 is 1.31 bits per heavy atom. The van der Waals surface area contributed by atoms with Crippen LogP contribution >= 0.6 is 0 Å². The summed E-state index contributed by atoms with van der Waals surface area (Å²) >= 11 is 0. The number of azo groups is 1. The summed E-state index contributed by atoms with van der Waals surface area (Å²) in [5.41, 5.74) is 1.92. The highest BCUT2D eigenvalue weighted by Crippen LogP contribution is 2.39. The molecule has 0 aliphatic heterocycles. The van der Waals surface area contributed by atoms with Gasteiger partial charge in [-0.05, 0) is 38.1 Å². The number of hydrogen-bond acceptors (Lipinski definition) is 5. The number of furan rings is 1. The summed E-state index contributed by atoms with van der Waals surface area (Å²) in [5.74, 6) is -1.54. The first-order valence-corrected chi connectivity index (χ1v) is 8.09. The molecule has 2 N–H and O–H groups in total. The van der Waals surface area contributed by atoms with Gasteiger partial charge in [0.25, 0.3) is 0 Å². The minimum atomic E-state index is -1.05. The Balaban J connectivity index is 1.81. The van der Waals surface area contributed by atoms with Gasteiger partial charge in [-0.25, -0.2) is 0 Å². The Morgan fingerprint density at radius 3 is 2.81 bits per heavy atom. The van der Waals surface area contributed by atoms with E-state index in [1.807, 2.05) is 32.0 Å². The van der Waals surface area contributed by atoms with Gasteiger partial charge in [-0.3, -0.25) is 9.59 Å². The fourth-order valence-electron chi connectivity index (χ4n) is 2.65. The van der Waals surface area contributed by atoms with Crippen molar-refractivity contribution in [3.05, 3.63) is 47.9 Å². The summed E-state index contributed by atoms with van der Waals surface area (Å²) in [6.45, 7) is 4.40. The Kier molecular flexibility index (Phi) is 4.83. The fourth-order valence-corrected chi connectivity index (χ4v) is 2.65. The van der Waals surface area contributed by atoms with Crippen LogP contribution in [-0.4, -0.2) is 21.5 Å². The summed E-state index contributed by atoms with van der Waals surface area (Å²) in [6, 6.07) is 8.98. The summed E-state index contributed by atoms with van der Waals surface area (Å²) in [4.78, 5) is 23.7. The summed E-state index contributed by atoms with van der Waals surface area (Å²) in [5, 5.41) is 20.7. The number of carbonyl (C=O) groups excluding carboxylic acids is 2. The second-order valence-electron chi connectivity index (χ2n) is 5.70. The molecule has 0 spiro atoms. The molecule has 0 bridgehead atoms. The van der Waals surface area contributed by atoms with Crippen LogP contribution in [0, 0.1) is 6.92 Å². The molecule has 2 amide bonds. The van der Waals surface area contributed by atoms with Crippen LogP contribution in [0.4, 0.5) is 5.69 Å². The van der Waals surface area contributed by atoms with Crippen molar-refractivity contribution in [1.29, 1.82) is 0 Å². The van der Waals surface area contributed by atoms with E-state index in [1.165, 1.54) is 6.26 Å². The number of fused-ring (bicyclic) bond motifs is 1. The molecule has 2 aromatic heterocycles. The fraction of sp³-hybridized carbons (Fsp3) is 0.222. The third-order valence-corrected chi connectivity index (χ3v) is 3.92. The van der Waals surface area contributed by atoms with Gasteiger partial charge in [-0.2, -0.15) is 0 Å². The van der Waals surface area contributed by atoms with Crippen LogP contribution in [0.1, 0.15) is 18.2 Å². The molecule has 3 aromatic rings. The Morgan fingerprint density at radius 2 is 2.12 bits per heavy atom. The third kappa shape index (κ3) is 3.34. The first-order valence-electron chi connectivity index (χ1n) is 8.09. The van der Waals surface area contributed by atoms with Gasteiger partial charge < -0.3 is 19.4 Å². The molecule has 1 aromatic carbocycles. The van der Waals surface area contributed by atoms with Crippen molar-refractivity contribution in [3.8, 4) is 5.88 Å². The average Bonchev–Trinajstić information content (AvgIpc) is 3.23. The van der Waals surface area contributed by atoms with Crippen molar-refractivity contribution in [2.45, 2.75) is 26.9 Å². The molecule has 26 heavy (non-hydrogen) atoms. The van der Waals surface area contributed by atoms with Gasteiger partial charge in [0.1, 0.15) is 5.76 Å². The van der Waals surface area contributed by atoms with E-state index in [0.29, 0.717) is 17.7 Å². The van der Waals surface area contributed by atoms with Crippen LogP contribution in [0.3, 0.4) is 0 Å². The molecule has 0 radical (unpaired) electrons. The van der Waals surface area contributed by atoms with Crippen LogP contribution < -0.4 is 5.32 Å². The van der Waals surface area contributed by atoms with Gasteiger partial charge in [-0.1, -0.05) is 11.6 Å². The lowest BCUT2D eigenvalue weighted by molar-refractivity contribution is -0.137. The van der Waals surface area contributed by atoms with E-state index < -0.39 is 11.8 Å². The van der Waals surface area contributed by atoms with Crippen molar-refractivity contribution in [3.63, 3.8) is 0 Å². The number of aromatic nitrogens is 1. The van der Waals surface area contributed by atoms with E-state index in [0.717, 1.165) is 11.1 Å². The molecule has 0 saturated heterocycles. The minimum absolute atomic E-state index is 0.0761. The molecule has 3 rings (SSSR count). The zero-order valence-electron chi connectivity index (χ0n) is 14.4. The van der Waals surface area contributed by atoms with Gasteiger partial charge in [0, 0.05) is 11.9 Å². The lowest BCUT2D eigenvalue weighted by atomic mass is 10.1. The molecular formula is C18H18N4O4. The highest BCUT2D eigenvalue weighted by Gasteiger charge is 2.18. The highest BCUT2D eigenvalue weighted by atomic mass is 16.3. The van der Waals surface area contributed by atoms with E-state index in [4.69, 9.17) is 4.42 Å². The number of carbonyl (C=O) groups is 2. The van der Waals surface area contributed by atoms with E-state index >= 15 is 0 Å². The minimum Gasteiger partial charge on any atom is -0.493 e. The van der Waals surface area contributed by atoms with Crippen LogP contribution in [-0.2, 0) is 22.7 Å². The largest absolute Gasteiger partial charge is 0.493 e. The predicted molar refractivity (Wildman–Crippen MR) is 94.1 cm³/mol. The number of amides is 2. The number of rotatable bonds is 4. The van der Waals surface area contributed by atoms with E-state index in [2.05, 4.69) is 15.5 Å². The maximum atomic E-state index is 11.9. The van der Waals surface area contributed by atoms with Crippen LogP contribution in [0.15, 0.2) is 51.2 Å². The van der Waals surface area contributed by atoms with E-state index in [9.17, 15) is 14.7 Å². The lowest BCUT2D eigenvalue weighted by Gasteiger charge is -2.01. The van der Waals surface area contributed by atoms with E-state index in [-0.39, 0.29) is 18.1 Å². The molecule has 8 heteroatoms. The first kappa shape index (κ1) is 17.4. The second-order valence-corrected chi connectivity index (χ2v) is 5.70. The Bertz CT molecular complexity index is 986. The topological polar surface area (TPSA) is 109 Å². The number of nitrogens with one attached hydrogen (secondary N) is 1. The standard InChI is InChI=1S/C18H18N4O4/c1-3-22-14-7-6-11(2)9-13(14)15(18(22)25)20-21-17(24)16(23)19-10-12-5-4-8-26-12/h4-9,25H,3,10H2,1-2H3,(H,19,23). The average molecular weight is 354 g/mol. The maximum Gasteiger partial charge on any atom is 0.353 e. The van der Waals surface area contributed by atoms with E-state index in [1.54, 1.807) is 16.7 Å². The highest BCUT2D eigenvalue weighted by molar-refractivity contribution is 6.35. The summed E-state index contributed by atoms with van der Waals surface area (Å²) in [7, 11) is 0. The molecule has 134 valence electrons. The SMILES string of the molecule is CCn1c(O)c(N=NC(=O)C(=O)NCc2ccco2)c2cc(C)ccc21. The molecule has 2 heterocycles. The molecule has 0 aliphatic carbocycles. The number of aryl methyl sites for hydroxylation is 2. The smallest absolute Gasteiger partial charge is 0.353 e. The zero-order chi connectivity index (χ0) is 18.7. The van der Waals surface area contributed by atoms with Gasteiger partial charge in [-0.15, -0.1) is 10.2 Å². The van der Waals surface area contributed by atoms with Crippen LogP contribution in [0.2, 0.25) is 0 Å². The molecule has 0 unspecified atom stereocenters. The zero-order valence-corrected chi connectivity index (χ0v) is 14.4. The molecule has 0 fully saturated rings. The van der Waals surface area contributed by atoms with Gasteiger partial charge in [0.15, 0.2) is 5.69 Å². The van der Waals surface area contributed by atoms with Crippen LogP contribution in [0.5, 0.6) is 5.88 Å². The Hall–Kier alpha value is -3.42. The van der Waals surface area contributed by atoms with Crippen molar-refractivity contribution in [2.24, 2.45) is 10.2 Å². The lowest BCUT2D eigenvalue weighted by Crippen LogP contribution is -2.28. The summed E-state index contributed by atoms with van der Waals surface area (Å²) < 4.78 is 6.72. The number of hydrogen-bond donors (Lipinski definition) is 2. The van der Waals surface area contributed by atoms with Crippen LogP contribution in [0.25, 0.3) is 10.9 Å². The van der Waals surface area contributed by atoms with Gasteiger partial charge >= 0.3 is 11.8 Å². The quantitative estimate of drug-likeness (QED) is 0.554. The van der Waals surface area contributed by atoms with Crippen molar-refractivity contribution >= 4 is 28.4 Å². The number of aromatic hydroxyl groups is 1. The molecule has 0 aliphatic rings. The first-order chi connectivity index (χ1) is 12.5. The second kappa shape index (κ2) is 7.22. The molecular weight excluding hydrogens is 336 g/mol. The normalized spacial score (nSPS) is 11.3. The van der Waals surface area contributed by atoms with Gasteiger partial charge in [0.05, 0.1) is 18.3 Å². The van der Waals surface area contributed by atoms with Crippen molar-refractivity contribution < 1.29 is 19.1 Å². The summed E-state index contributed by atoms with van der Waals surface area (Å²) in [6.07, 6.45) is 1.47. The van der Waals surface area contributed by atoms with Crippen molar-refractivity contribution in [2.75, 3.05) is 0 Å². The molecule has 0 atom stereocenters. The molecule has 0 saturated carbocycles. The predicted octanol–water partition coefficient (Wildman–Crippen LogP) is 3.19. The van der Waals surface area contributed by atoms with Crippen molar-refractivity contribution in [1.82, 2.24) is 9.88 Å². The van der Waals surface area contributed by atoms with Gasteiger partial charge in [0.2, 0.25) is 5.88 Å². The third-order valence-electron chi connectivity index (χ3n) is 3.92. The monoisotopic (exact) mass is 354 g/mol. The number of nitrogens with zero attached hydrogens (tertiary/aromatic N) is 3. The number of benzene rings is 1.